The molecule has 72 valence electrons. The maximum atomic E-state index is 11.1. The minimum Gasteiger partial charge on any atom is -0.394 e. The third-order valence-corrected chi connectivity index (χ3v) is 1.82. The molecule has 0 saturated heterocycles. The Hall–Kier alpha value is -0.570. The zero-order chi connectivity index (χ0) is 9.56. The number of carbonyl (C=O) groups excluding carboxylic acids is 1. The van der Waals surface area contributed by atoms with Crippen LogP contribution >= 0.6 is 0 Å². The first kappa shape index (κ1) is 11.4. The topological polar surface area (TPSA) is 49.3 Å². The lowest BCUT2D eigenvalue weighted by Gasteiger charge is -2.19. The standard InChI is InChI=1S/C9H19NO2/c1-4-5-9(12)10-8(6-11)7(2)3/h7-8,11H,4-6H2,1-3H3,(H,10,12)/t8-/m1/s1. The van der Waals surface area contributed by atoms with E-state index < -0.39 is 0 Å². The molecule has 3 nitrogen and oxygen atoms in total. The Kier molecular flexibility index (Phi) is 5.72. The highest BCUT2D eigenvalue weighted by molar-refractivity contribution is 5.76. The van der Waals surface area contributed by atoms with Gasteiger partial charge in [-0.2, -0.15) is 0 Å². The van der Waals surface area contributed by atoms with Gasteiger partial charge in [-0.3, -0.25) is 4.79 Å². The predicted octanol–water partition coefficient (Wildman–Crippen LogP) is 0.920. The molecule has 0 bridgehead atoms. The Morgan fingerprint density at radius 1 is 1.50 bits per heavy atom. The second kappa shape index (κ2) is 6.00. The lowest BCUT2D eigenvalue weighted by Crippen LogP contribution is -2.40. The van der Waals surface area contributed by atoms with Gasteiger partial charge in [0.05, 0.1) is 12.6 Å². The first-order valence-electron chi connectivity index (χ1n) is 4.52. The van der Waals surface area contributed by atoms with E-state index in [1.54, 1.807) is 0 Å². The molecule has 0 heterocycles. The monoisotopic (exact) mass is 173 g/mol. The maximum absolute atomic E-state index is 11.1. The fourth-order valence-electron chi connectivity index (χ4n) is 0.929. The number of hydrogen-bond acceptors (Lipinski definition) is 2. The summed E-state index contributed by atoms with van der Waals surface area (Å²) in [6.45, 7) is 5.94. The number of nitrogens with one attached hydrogen (secondary N) is 1. The van der Waals surface area contributed by atoms with Gasteiger partial charge in [0, 0.05) is 6.42 Å². The quantitative estimate of drug-likeness (QED) is 0.649. The molecule has 0 aromatic carbocycles. The van der Waals surface area contributed by atoms with Crippen LogP contribution in [0.25, 0.3) is 0 Å². The smallest absolute Gasteiger partial charge is 0.220 e. The van der Waals surface area contributed by atoms with Crippen LogP contribution in [0.3, 0.4) is 0 Å². The summed E-state index contributed by atoms with van der Waals surface area (Å²) in [4.78, 5) is 11.1. The van der Waals surface area contributed by atoms with E-state index in [0.717, 1.165) is 6.42 Å². The van der Waals surface area contributed by atoms with E-state index in [9.17, 15) is 4.79 Å². The molecule has 12 heavy (non-hydrogen) atoms. The Morgan fingerprint density at radius 3 is 2.42 bits per heavy atom. The number of aliphatic hydroxyl groups is 1. The van der Waals surface area contributed by atoms with Crippen molar-refractivity contribution in [1.29, 1.82) is 0 Å². The van der Waals surface area contributed by atoms with Gasteiger partial charge in [-0.15, -0.1) is 0 Å². The SMILES string of the molecule is CCCC(=O)N[C@H](CO)C(C)C. The molecule has 0 aromatic rings. The van der Waals surface area contributed by atoms with E-state index in [2.05, 4.69) is 5.32 Å². The van der Waals surface area contributed by atoms with Crippen LogP contribution in [-0.4, -0.2) is 23.7 Å². The van der Waals surface area contributed by atoms with Crippen LogP contribution in [0.4, 0.5) is 0 Å². The van der Waals surface area contributed by atoms with E-state index in [1.165, 1.54) is 0 Å². The van der Waals surface area contributed by atoms with E-state index >= 15 is 0 Å². The summed E-state index contributed by atoms with van der Waals surface area (Å²) in [5, 5.41) is 11.7. The first-order valence-corrected chi connectivity index (χ1v) is 4.52. The molecule has 0 aliphatic heterocycles. The van der Waals surface area contributed by atoms with Gasteiger partial charge in [-0.1, -0.05) is 20.8 Å². The molecule has 1 amide bonds. The van der Waals surface area contributed by atoms with Gasteiger partial charge in [-0.05, 0) is 12.3 Å². The lowest BCUT2D eigenvalue weighted by molar-refractivity contribution is -0.122. The lowest BCUT2D eigenvalue weighted by atomic mass is 10.1. The molecule has 3 heteroatoms. The molecular weight excluding hydrogens is 154 g/mol. The molecule has 0 rings (SSSR count). The van der Waals surface area contributed by atoms with Crippen molar-refractivity contribution < 1.29 is 9.90 Å². The molecule has 0 unspecified atom stereocenters. The van der Waals surface area contributed by atoms with Gasteiger partial charge in [-0.25, -0.2) is 0 Å². The van der Waals surface area contributed by atoms with E-state index in [-0.39, 0.29) is 24.5 Å². The molecule has 1 atom stereocenters. The first-order chi connectivity index (χ1) is 5.61. The van der Waals surface area contributed by atoms with Gasteiger partial charge in [0.15, 0.2) is 0 Å². The zero-order valence-electron chi connectivity index (χ0n) is 8.13. The normalized spacial score (nSPS) is 13.1. The molecule has 2 N–H and O–H groups in total. The fraction of sp³-hybridized carbons (Fsp3) is 0.889. The summed E-state index contributed by atoms with van der Waals surface area (Å²) in [5.41, 5.74) is 0. The van der Waals surface area contributed by atoms with Crippen LogP contribution in [0, 0.1) is 5.92 Å². The van der Waals surface area contributed by atoms with Gasteiger partial charge < -0.3 is 10.4 Å². The molecule has 0 aliphatic carbocycles. The van der Waals surface area contributed by atoms with Crippen molar-refractivity contribution in [2.24, 2.45) is 5.92 Å². The summed E-state index contributed by atoms with van der Waals surface area (Å²) in [5.74, 6) is 0.320. The summed E-state index contributed by atoms with van der Waals surface area (Å²) in [6.07, 6.45) is 1.39. The second-order valence-corrected chi connectivity index (χ2v) is 3.35. The molecule has 0 fully saturated rings. The van der Waals surface area contributed by atoms with E-state index in [4.69, 9.17) is 5.11 Å². The van der Waals surface area contributed by atoms with Gasteiger partial charge in [0.2, 0.25) is 5.91 Å². The highest BCUT2D eigenvalue weighted by atomic mass is 16.3. The third kappa shape index (κ3) is 4.34. The van der Waals surface area contributed by atoms with Crippen molar-refractivity contribution in [2.75, 3.05) is 6.61 Å². The fourth-order valence-corrected chi connectivity index (χ4v) is 0.929. The summed E-state index contributed by atoms with van der Waals surface area (Å²) < 4.78 is 0. The Balaban J connectivity index is 3.77. The highest BCUT2D eigenvalue weighted by Gasteiger charge is 2.13. The molecule has 0 aromatic heterocycles. The summed E-state index contributed by atoms with van der Waals surface area (Å²) in [7, 11) is 0. The Morgan fingerprint density at radius 2 is 2.08 bits per heavy atom. The van der Waals surface area contributed by atoms with Gasteiger partial charge in [0.25, 0.3) is 0 Å². The van der Waals surface area contributed by atoms with Crippen molar-refractivity contribution >= 4 is 5.91 Å². The van der Waals surface area contributed by atoms with Crippen LogP contribution in [0.5, 0.6) is 0 Å². The van der Waals surface area contributed by atoms with Crippen molar-refractivity contribution in [1.82, 2.24) is 5.32 Å². The largest absolute Gasteiger partial charge is 0.394 e. The summed E-state index contributed by atoms with van der Waals surface area (Å²) >= 11 is 0. The van der Waals surface area contributed by atoms with Crippen LogP contribution in [0.15, 0.2) is 0 Å². The van der Waals surface area contributed by atoms with Gasteiger partial charge >= 0.3 is 0 Å². The molecule has 0 spiro atoms. The minimum absolute atomic E-state index is 0.0210. The van der Waals surface area contributed by atoms with E-state index in [0.29, 0.717) is 6.42 Å². The van der Waals surface area contributed by atoms with E-state index in [1.807, 2.05) is 20.8 Å². The van der Waals surface area contributed by atoms with Crippen molar-refractivity contribution in [3.8, 4) is 0 Å². The number of hydrogen-bond donors (Lipinski definition) is 2. The van der Waals surface area contributed by atoms with Crippen LogP contribution in [0.1, 0.15) is 33.6 Å². The zero-order valence-corrected chi connectivity index (χ0v) is 8.13. The summed E-state index contributed by atoms with van der Waals surface area (Å²) in [6, 6.07) is -0.0935. The van der Waals surface area contributed by atoms with Crippen molar-refractivity contribution in [2.45, 2.75) is 39.7 Å². The highest BCUT2D eigenvalue weighted by Crippen LogP contribution is 2.00. The van der Waals surface area contributed by atoms with Crippen LogP contribution in [-0.2, 0) is 4.79 Å². The van der Waals surface area contributed by atoms with Crippen LogP contribution in [0.2, 0.25) is 0 Å². The average Bonchev–Trinajstić information content (AvgIpc) is 2.00. The second-order valence-electron chi connectivity index (χ2n) is 3.35. The number of amides is 1. The third-order valence-electron chi connectivity index (χ3n) is 1.82. The number of carbonyl (C=O) groups is 1. The Labute approximate surface area is 74.2 Å². The van der Waals surface area contributed by atoms with Crippen molar-refractivity contribution in [3.05, 3.63) is 0 Å². The molecular formula is C9H19NO2. The molecule has 0 saturated carbocycles. The van der Waals surface area contributed by atoms with Gasteiger partial charge in [0.1, 0.15) is 0 Å². The van der Waals surface area contributed by atoms with Crippen molar-refractivity contribution in [3.63, 3.8) is 0 Å². The Bertz CT molecular complexity index is 134. The number of rotatable bonds is 5. The molecule has 0 aliphatic rings. The predicted molar refractivity (Wildman–Crippen MR) is 48.8 cm³/mol. The average molecular weight is 173 g/mol. The van der Waals surface area contributed by atoms with Crippen LogP contribution < -0.4 is 5.32 Å². The maximum Gasteiger partial charge on any atom is 0.220 e. The minimum atomic E-state index is -0.0935. The molecule has 0 radical (unpaired) electrons. The number of aliphatic hydroxyl groups excluding tert-OH is 1.